The molecule has 0 aromatic heterocycles. The molecule has 0 aliphatic carbocycles. The summed E-state index contributed by atoms with van der Waals surface area (Å²) in [5, 5.41) is 4.57. The molecule has 1 aromatic rings. The Kier molecular flexibility index (Phi) is 10.9. The average molecular weight is 325 g/mol. The number of rotatable bonds is 5. The van der Waals surface area contributed by atoms with Gasteiger partial charge in [-0.15, -0.1) is 0 Å². The van der Waals surface area contributed by atoms with Gasteiger partial charge < -0.3 is 14.8 Å². The van der Waals surface area contributed by atoms with Crippen LogP contribution in [-0.4, -0.2) is 32.9 Å². The third kappa shape index (κ3) is 8.57. The first-order chi connectivity index (χ1) is 8.17. The van der Waals surface area contributed by atoms with E-state index in [9.17, 15) is 0 Å². The summed E-state index contributed by atoms with van der Waals surface area (Å²) in [7, 11) is 5.14. The number of methoxy groups -OCH3 is 2. The predicted octanol–water partition coefficient (Wildman–Crippen LogP) is 3.06. The van der Waals surface area contributed by atoms with Gasteiger partial charge in [0.1, 0.15) is 0 Å². The normalized spacial score (nSPS) is 10.0. The standard InChI is InChI=1S/C8H10ClN.C4H9BrO2/c1-10-6-7-2-4-8(9)5-3-7;1-6-4(3-5)7-2/h2-5,10H,6H2,1H3;4H,3H2,1-2H3. The molecule has 0 amide bonds. The number of nitrogens with one attached hydrogen (secondary N) is 1. The fourth-order valence-corrected chi connectivity index (χ4v) is 1.68. The van der Waals surface area contributed by atoms with Crippen LogP contribution in [-0.2, 0) is 16.0 Å². The van der Waals surface area contributed by atoms with Gasteiger partial charge in [0.15, 0.2) is 6.29 Å². The highest BCUT2D eigenvalue weighted by atomic mass is 79.9. The lowest BCUT2D eigenvalue weighted by atomic mass is 10.2. The molecule has 0 saturated carbocycles. The largest absolute Gasteiger partial charge is 0.355 e. The summed E-state index contributed by atoms with van der Waals surface area (Å²) in [6, 6.07) is 7.82. The quantitative estimate of drug-likeness (QED) is 0.667. The minimum atomic E-state index is -0.0972. The summed E-state index contributed by atoms with van der Waals surface area (Å²) in [6.07, 6.45) is -0.0972. The van der Waals surface area contributed by atoms with Gasteiger partial charge in [-0.05, 0) is 24.7 Å². The Hall–Kier alpha value is -0.130. The van der Waals surface area contributed by atoms with Crippen LogP contribution in [0, 0.1) is 0 Å². The van der Waals surface area contributed by atoms with Gasteiger partial charge in [0, 0.05) is 25.8 Å². The van der Waals surface area contributed by atoms with Crippen LogP contribution < -0.4 is 5.32 Å². The Morgan fingerprint density at radius 1 is 1.24 bits per heavy atom. The Morgan fingerprint density at radius 3 is 2.06 bits per heavy atom. The summed E-state index contributed by atoms with van der Waals surface area (Å²) < 4.78 is 9.56. The molecule has 0 bridgehead atoms. The highest BCUT2D eigenvalue weighted by molar-refractivity contribution is 9.09. The second kappa shape index (κ2) is 11.0. The van der Waals surface area contributed by atoms with Gasteiger partial charge in [0.05, 0.1) is 5.33 Å². The maximum absolute atomic E-state index is 5.69. The second-order valence-corrected chi connectivity index (χ2v) is 4.30. The van der Waals surface area contributed by atoms with Crippen molar-refractivity contribution in [3.8, 4) is 0 Å². The molecule has 0 aliphatic rings. The lowest BCUT2D eigenvalue weighted by molar-refractivity contribution is -0.0834. The monoisotopic (exact) mass is 323 g/mol. The molecule has 0 unspecified atom stereocenters. The molecule has 1 aromatic carbocycles. The molecule has 0 radical (unpaired) electrons. The molecule has 5 heteroatoms. The Balaban J connectivity index is 0.000000325. The minimum Gasteiger partial charge on any atom is -0.355 e. The molecule has 0 saturated heterocycles. The molecule has 17 heavy (non-hydrogen) atoms. The highest BCUT2D eigenvalue weighted by Crippen LogP contribution is 2.08. The molecule has 3 nitrogen and oxygen atoms in total. The first kappa shape index (κ1) is 16.9. The van der Waals surface area contributed by atoms with Crippen molar-refractivity contribution in [1.82, 2.24) is 5.32 Å². The van der Waals surface area contributed by atoms with Crippen molar-refractivity contribution in [1.29, 1.82) is 0 Å². The van der Waals surface area contributed by atoms with Crippen molar-refractivity contribution < 1.29 is 9.47 Å². The van der Waals surface area contributed by atoms with Crippen molar-refractivity contribution in [2.24, 2.45) is 0 Å². The predicted molar refractivity (Wildman–Crippen MR) is 75.8 cm³/mol. The van der Waals surface area contributed by atoms with Crippen molar-refractivity contribution in [3.05, 3.63) is 34.9 Å². The molecule has 0 spiro atoms. The van der Waals surface area contributed by atoms with E-state index < -0.39 is 0 Å². The van der Waals surface area contributed by atoms with E-state index >= 15 is 0 Å². The van der Waals surface area contributed by atoms with E-state index in [1.54, 1.807) is 14.2 Å². The van der Waals surface area contributed by atoms with Crippen LogP contribution in [0.15, 0.2) is 24.3 Å². The molecular weight excluding hydrogens is 305 g/mol. The third-order valence-electron chi connectivity index (χ3n) is 1.95. The molecule has 98 valence electrons. The molecule has 0 heterocycles. The van der Waals surface area contributed by atoms with E-state index in [1.807, 2.05) is 31.3 Å². The summed E-state index contributed by atoms with van der Waals surface area (Å²) in [4.78, 5) is 0. The van der Waals surface area contributed by atoms with Crippen LogP contribution in [0.3, 0.4) is 0 Å². The molecule has 1 N–H and O–H groups in total. The van der Waals surface area contributed by atoms with Crippen LogP contribution in [0.2, 0.25) is 5.02 Å². The fourth-order valence-electron chi connectivity index (χ4n) is 1.03. The first-order valence-corrected chi connectivity index (χ1v) is 6.68. The zero-order valence-electron chi connectivity index (χ0n) is 10.4. The lowest BCUT2D eigenvalue weighted by Gasteiger charge is -2.07. The van der Waals surface area contributed by atoms with E-state index in [0.29, 0.717) is 0 Å². The Bertz CT molecular complexity index is 273. The van der Waals surface area contributed by atoms with Gasteiger partial charge in [0.25, 0.3) is 0 Å². The van der Waals surface area contributed by atoms with E-state index in [0.717, 1.165) is 16.9 Å². The average Bonchev–Trinajstić information content (AvgIpc) is 2.35. The van der Waals surface area contributed by atoms with Crippen LogP contribution in [0.5, 0.6) is 0 Å². The maximum Gasteiger partial charge on any atom is 0.166 e. The van der Waals surface area contributed by atoms with Crippen LogP contribution in [0.25, 0.3) is 0 Å². The molecule has 0 aliphatic heterocycles. The van der Waals surface area contributed by atoms with Crippen LogP contribution in [0.1, 0.15) is 5.56 Å². The summed E-state index contributed by atoms with van der Waals surface area (Å²) >= 11 is 8.88. The van der Waals surface area contributed by atoms with Crippen LogP contribution in [0.4, 0.5) is 0 Å². The summed E-state index contributed by atoms with van der Waals surface area (Å²) in [5.41, 5.74) is 1.26. The van der Waals surface area contributed by atoms with Crippen LogP contribution >= 0.6 is 27.5 Å². The molecule has 0 atom stereocenters. The summed E-state index contributed by atoms with van der Waals surface area (Å²) in [5.74, 6) is 0. The number of alkyl halides is 1. The van der Waals surface area contributed by atoms with Crippen molar-refractivity contribution in [3.63, 3.8) is 0 Å². The Morgan fingerprint density at radius 2 is 1.76 bits per heavy atom. The lowest BCUT2D eigenvalue weighted by Crippen LogP contribution is -2.13. The zero-order valence-corrected chi connectivity index (χ0v) is 12.7. The van der Waals surface area contributed by atoms with Crippen molar-refractivity contribution in [2.45, 2.75) is 12.8 Å². The number of benzene rings is 1. The smallest absolute Gasteiger partial charge is 0.166 e. The minimum absolute atomic E-state index is 0.0972. The zero-order chi connectivity index (χ0) is 13.1. The van der Waals surface area contributed by atoms with Crippen molar-refractivity contribution in [2.75, 3.05) is 26.6 Å². The maximum atomic E-state index is 5.69. The number of halogens is 2. The second-order valence-electron chi connectivity index (χ2n) is 3.21. The van der Waals surface area contributed by atoms with Crippen molar-refractivity contribution >= 4 is 27.5 Å². The van der Waals surface area contributed by atoms with Gasteiger partial charge in [0.2, 0.25) is 0 Å². The van der Waals surface area contributed by atoms with Gasteiger partial charge in [-0.2, -0.15) is 0 Å². The highest BCUT2D eigenvalue weighted by Gasteiger charge is 1.97. The van der Waals surface area contributed by atoms with E-state index in [4.69, 9.17) is 21.1 Å². The SMILES string of the molecule is CNCc1ccc(Cl)cc1.COC(CBr)OC. The Labute approximate surface area is 117 Å². The number of hydrogen-bond acceptors (Lipinski definition) is 3. The van der Waals surface area contributed by atoms with Gasteiger partial charge in [-0.3, -0.25) is 0 Å². The van der Waals surface area contributed by atoms with Gasteiger partial charge >= 0.3 is 0 Å². The topological polar surface area (TPSA) is 30.5 Å². The fraction of sp³-hybridized carbons (Fsp3) is 0.500. The molecule has 1 rings (SSSR count). The van der Waals surface area contributed by atoms with Gasteiger partial charge in [-0.1, -0.05) is 39.7 Å². The number of ether oxygens (including phenoxy) is 2. The molecule has 0 fully saturated rings. The van der Waals surface area contributed by atoms with E-state index in [1.165, 1.54) is 5.56 Å². The first-order valence-electron chi connectivity index (χ1n) is 5.18. The summed E-state index contributed by atoms with van der Waals surface area (Å²) in [6.45, 7) is 0.900. The van der Waals surface area contributed by atoms with E-state index in [-0.39, 0.29) is 6.29 Å². The van der Waals surface area contributed by atoms with E-state index in [2.05, 4.69) is 21.2 Å². The van der Waals surface area contributed by atoms with Gasteiger partial charge in [-0.25, -0.2) is 0 Å². The molecular formula is C12H19BrClNO2. The third-order valence-corrected chi connectivity index (χ3v) is 2.73. The number of hydrogen-bond donors (Lipinski definition) is 1.